The van der Waals surface area contributed by atoms with Crippen LogP contribution in [0.25, 0.3) is 0 Å². The highest BCUT2D eigenvalue weighted by atomic mass is 19.4. The van der Waals surface area contributed by atoms with Crippen LogP contribution < -0.4 is 10.2 Å². The molecule has 0 spiro atoms. The second-order valence-corrected chi connectivity index (χ2v) is 6.00. The Labute approximate surface area is 123 Å². The number of hydrogen-bond donors (Lipinski definition) is 1. The van der Waals surface area contributed by atoms with Crippen LogP contribution in [0.15, 0.2) is 18.5 Å². The molecular weight excluding hydrogens is 279 g/mol. The highest BCUT2D eigenvalue weighted by Crippen LogP contribution is 2.35. The van der Waals surface area contributed by atoms with Crippen molar-refractivity contribution in [1.29, 1.82) is 0 Å². The zero-order chi connectivity index (χ0) is 15.5. The van der Waals surface area contributed by atoms with Gasteiger partial charge in [-0.05, 0) is 31.4 Å². The van der Waals surface area contributed by atoms with E-state index in [-0.39, 0.29) is 6.04 Å². The van der Waals surface area contributed by atoms with Gasteiger partial charge in [0.05, 0.1) is 0 Å². The lowest BCUT2D eigenvalue weighted by Gasteiger charge is -2.28. The van der Waals surface area contributed by atoms with Gasteiger partial charge < -0.3 is 10.2 Å². The fraction of sp³-hybridized carbons (Fsp3) is 0.667. The predicted octanol–water partition coefficient (Wildman–Crippen LogP) is 3.36. The minimum absolute atomic E-state index is 0.0119. The number of anilines is 1. The summed E-state index contributed by atoms with van der Waals surface area (Å²) in [5.74, 6) is 0.500. The molecule has 3 nitrogen and oxygen atoms in total. The first-order valence-electron chi connectivity index (χ1n) is 7.34. The smallest absolute Gasteiger partial charge is 0.359 e. The van der Waals surface area contributed by atoms with E-state index in [0.29, 0.717) is 18.2 Å². The van der Waals surface area contributed by atoms with Gasteiger partial charge in [-0.25, -0.2) is 0 Å². The number of halogens is 3. The van der Waals surface area contributed by atoms with Crippen LogP contribution in [0.3, 0.4) is 0 Å². The molecule has 1 aromatic heterocycles. The number of nitrogens with one attached hydrogen (secondary N) is 1. The van der Waals surface area contributed by atoms with Crippen LogP contribution in [-0.4, -0.2) is 30.3 Å². The molecule has 1 aliphatic carbocycles. The second-order valence-electron chi connectivity index (χ2n) is 6.00. The van der Waals surface area contributed by atoms with Gasteiger partial charge in [-0.2, -0.15) is 13.2 Å². The van der Waals surface area contributed by atoms with Crippen molar-refractivity contribution < 1.29 is 13.2 Å². The van der Waals surface area contributed by atoms with Gasteiger partial charge in [-0.1, -0.05) is 13.8 Å². The Hall–Kier alpha value is -1.30. The Kier molecular flexibility index (Phi) is 5.08. The average molecular weight is 301 g/mol. The minimum Gasteiger partial charge on any atom is -0.359 e. The largest absolute Gasteiger partial charge is 0.405 e. The van der Waals surface area contributed by atoms with E-state index in [2.05, 4.69) is 24.1 Å². The molecule has 118 valence electrons. The standard InChI is InChI=1S/C15H22F3N3/c1-11(2)7-20-9-12-8-19-6-5-14(12)21(13-3-4-13)10-15(16,17)18/h5-6,8,11,13,20H,3-4,7,9-10H2,1-2H3. The molecule has 0 bridgehead atoms. The quantitative estimate of drug-likeness (QED) is 0.837. The number of rotatable bonds is 7. The van der Waals surface area contributed by atoms with Gasteiger partial charge in [0.25, 0.3) is 0 Å². The molecule has 0 saturated heterocycles. The molecule has 21 heavy (non-hydrogen) atoms. The monoisotopic (exact) mass is 301 g/mol. The van der Waals surface area contributed by atoms with Crippen molar-refractivity contribution in [3.63, 3.8) is 0 Å². The fourth-order valence-corrected chi connectivity index (χ4v) is 2.32. The van der Waals surface area contributed by atoms with Gasteiger partial charge in [0.1, 0.15) is 6.54 Å². The summed E-state index contributed by atoms with van der Waals surface area (Å²) in [7, 11) is 0. The van der Waals surface area contributed by atoms with E-state index in [9.17, 15) is 13.2 Å². The summed E-state index contributed by atoms with van der Waals surface area (Å²) in [6, 6.07) is 1.70. The maximum Gasteiger partial charge on any atom is 0.405 e. The summed E-state index contributed by atoms with van der Waals surface area (Å²) < 4.78 is 38.4. The zero-order valence-corrected chi connectivity index (χ0v) is 12.5. The summed E-state index contributed by atoms with van der Waals surface area (Å²) in [6.45, 7) is 4.67. The molecule has 0 aromatic carbocycles. The SMILES string of the molecule is CC(C)CNCc1cnccc1N(CC(F)(F)F)C1CC1. The number of hydrogen-bond acceptors (Lipinski definition) is 3. The summed E-state index contributed by atoms with van der Waals surface area (Å²) in [6.07, 6.45) is 0.699. The van der Waals surface area contributed by atoms with Gasteiger partial charge in [0.15, 0.2) is 0 Å². The number of alkyl halides is 3. The van der Waals surface area contributed by atoms with Crippen LogP contribution in [0.2, 0.25) is 0 Å². The molecular formula is C15H22F3N3. The third-order valence-corrected chi connectivity index (χ3v) is 3.39. The van der Waals surface area contributed by atoms with E-state index >= 15 is 0 Å². The summed E-state index contributed by atoms with van der Waals surface area (Å²) in [5.41, 5.74) is 1.48. The van der Waals surface area contributed by atoms with Crippen molar-refractivity contribution >= 4 is 5.69 Å². The molecule has 1 aliphatic rings. The molecule has 0 atom stereocenters. The van der Waals surface area contributed by atoms with Crippen LogP contribution in [0.5, 0.6) is 0 Å². The average Bonchev–Trinajstić information content (AvgIpc) is 3.19. The molecule has 0 radical (unpaired) electrons. The Morgan fingerprint density at radius 2 is 2.10 bits per heavy atom. The molecule has 0 amide bonds. The van der Waals surface area contributed by atoms with Crippen molar-refractivity contribution in [2.75, 3.05) is 18.0 Å². The van der Waals surface area contributed by atoms with E-state index in [4.69, 9.17) is 0 Å². The van der Waals surface area contributed by atoms with E-state index in [1.165, 1.54) is 4.90 Å². The first kappa shape index (κ1) is 16.1. The predicted molar refractivity (Wildman–Crippen MR) is 77.2 cm³/mol. The van der Waals surface area contributed by atoms with Gasteiger partial charge in [-0.3, -0.25) is 4.98 Å². The summed E-state index contributed by atoms with van der Waals surface area (Å²) in [4.78, 5) is 5.53. The zero-order valence-electron chi connectivity index (χ0n) is 12.5. The Balaban J connectivity index is 2.12. The normalized spacial score (nSPS) is 15.5. The number of nitrogens with zero attached hydrogens (tertiary/aromatic N) is 2. The highest BCUT2D eigenvalue weighted by molar-refractivity contribution is 5.54. The Morgan fingerprint density at radius 1 is 1.38 bits per heavy atom. The van der Waals surface area contributed by atoms with E-state index in [1.807, 2.05) is 0 Å². The van der Waals surface area contributed by atoms with Crippen LogP contribution >= 0.6 is 0 Å². The van der Waals surface area contributed by atoms with Crippen molar-refractivity contribution in [3.8, 4) is 0 Å². The molecule has 6 heteroatoms. The first-order valence-corrected chi connectivity index (χ1v) is 7.34. The molecule has 1 fully saturated rings. The van der Waals surface area contributed by atoms with Crippen LogP contribution in [0.4, 0.5) is 18.9 Å². The van der Waals surface area contributed by atoms with Gasteiger partial charge in [0.2, 0.25) is 0 Å². The van der Waals surface area contributed by atoms with Crippen LogP contribution in [-0.2, 0) is 6.54 Å². The second kappa shape index (κ2) is 6.64. The molecule has 1 aromatic rings. The third kappa shape index (κ3) is 5.19. The fourth-order valence-electron chi connectivity index (χ4n) is 2.32. The Morgan fingerprint density at radius 3 is 2.67 bits per heavy atom. The maximum atomic E-state index is 12.8. The lowest BCUT2D eigenvalue weighted by Crippen LogP contribution is -2.37. The topological polar surface area (TPSA) is 28.2 Å². The lowest BCUT2D eigenvalue weighted by atomic mass is 10.2. The molecule has 1 saturated carbocycles. The van der Waals surface area contributed by atoms with Crippen LogP contribution in [0, 0.1) is 5.92 Å². The third-order valence-electron chi connectivity index (χ3n) is 3.39. The van der Waals surface area contributed by atoms with Crippen molar-refractivity contribution in [1.82, 2.24) is 10.3 Å². The van der Waals surface area contributed by atoms with Gasteiger partial charge >= 0.3 is 6.18 Å². The highest BCUT2D eigenvalue weighted by Gasteiger charge is 2.38. The number of aromatic nitrogens is 1. The van der Waals surface area contributed by atoms with Gasteiger partial charge in [-0.15, -0.1) is 0 Å². The molecule has 1 N–H and O–H groups in total. The van der Waals surface area contributed by atoms with E-state index in [1.54, 1.807) is 18.5 Å². The van der Waals surface area contributed by atoms with Crippen molar-refractivity contribution in [3.05, 3.63) is 24.0 Å². The Bertz CT molecular complexity index is 456. The van der Waals surface area contributed by atoms with Crippen LogP contribution in [0.1, 0.15) is 32.3 Å². The van der Waals surface area contributed by atoms with E-state index < -0.39 is 12.7 Å². The minimum atomic E-state index is -4.19. The lowest BCUT2D eigenvalue weighted by molar-refractivity contribution is -0.120. The first-order chi connectivity index (χ1) is 9.87. The molecule has 0 unspecified atom stereocenters. The van der Waals surface area contributed by atoms with E-state index in [0.717, 1.165) is 24.9 Å². The summed E-state index contributed by atoms with van der Waals surface area (Å²) in [5, 5.41) is 3.27. The molecule has 0 aliphatic heterocycles. The van der Waals surface area contributed by atoms with Gasteiger partial charge in [0, 0.05) is 36.2 Å². The number of pyridine rings is 1. The molecule has 2 rings (SSSR count). The van der Waals surface area contributed by atoms with Crippen molar-refractivity contribution in [2.45, 2.75) is 45.5 Å². The maximum absolute atomic E-state index is 12.8. The summed E-state index contributed by atoms with van der Waals surface area (Å²) >= 11 is 0. The van der Waals surface area contributed by atoms with Crippen molar-refractivity contribution in [2.24, 2.45) is 5.92 Å². The molecule has 1 heterocycles.